The highest BCUT2D eigenvalue weighted by molar-refractivity contribution is 7.92. The summed E-state index contributed by atoms with van der Waals surface area (Å²) in [5.74, 6) is -0.375. The molecule has 0 spiro atoms. The molecular formula is C30H35Cl2N3O5S. The monoisotopic (exact) mass is 619 g/mol. The predicted molar refractivity (Wildman–Crippen MR) is 163 cm³/mol. The predicted octanol–water partition coefficient (Wildman–Crippen LogP) is 5.92. The molecule has 3 aromatic rings. The van der Waals surface area contributed by atoms with Gasteiger partial charge >= 0.3 is 0 Å². The third-order valence-corrected chi connectivity index (χ3v) is 9.22. The molecule has 0 aliphatic heterocycles. The van der Waals surface area contributed by atoms with Gasteiger partial charge in [-0.25, -0.2) is 8.42 Å². The van der Waals surface area contributed by atoms with E-state index < -0.39 is 28.5 Å². The number of benzene rings is 3. The molecule has 0 saturated heterocycles. The minimum Gasteiger partial charge on any atom is -0.497 e. The summed E-state index contributed by atoms with van der Waals surface area (Å²) in [5, 5.41) is 3.61. The van der Waals surface area contributed by atoms with Crippen LogP contribution < -0.4 is 14.4 Å². The van der Waals surface area contributed by atoms with Crippen molar-refractivity contribution >= 4 is 50.7 Å². The fourth-order valence-corrected chi connectivity index (χ4v) is 5.93. The number of rotatable bonds is 13. The number of amides is 2. The Morgan fingerprint density at radius 2 is 1.59 bits per heavy atom. The number of ether oxygens (including phenoxy) is 1. The van der Waals surface area contributed by atoms with Crippen molar-refractivity contribution in [2.75, 3.05) is 18.0 Å². The third-order valence-electron chi connectivity index (χ3n) is 6.69. The first-order valence-electron chi connectivity index (χ1n) is 13.3. The Balaban J connectivity index is 2.05. The number of carbonyl (C=O) groups is 2. The van der Waals surface area contributed by atoms with Gasteiger partial charge in [-0.2, -0.15) is 0 Å². The van der Waals surface area contributed by atoms with Crippen molar-refractivity contribution in [3.63, 3.8) is 0 Å². The maximum atomic E-state index is 14.1. The van der Waals surface area contributed by atoms with Crippen molar-refractivity contribution in [1.82, 2.24) is 10.2 Å². The number of carbonyl (C=O) groups excluding carboxylic acids is 2. The average Bonchev–Trinajstić information content (AvgIpc) is 2.97. The highest BCUT2D eigenvalue weighted by Gasteiger charge is 2.34. The molecule has 0 radical (unpaired) electrons. The molecule has 220 valence electrons. The Labute approximate surface area is 252 Å². The Kier molecular flexibility index (Phi) is 11.5. The van der Waals surface area contributed by atoms with E-state index in [0.29, 0.717) is 39.9 Å². The Morgan fingerprint density at radius 1 is 0.927 bits per heavy atom. The summed E-state index contributed by atoms with van der Waals surface area (Å²) < 4.78 is 34.0. The van der Waals surface area contributed by atoms with E-state index >= 15 is 0 Å². The van der Waals surface area contributed by atoms with Crippen molar-refractivity contribution < 1.29 is 22.7 Å². The quantitative estimate of drug-likeness (QED) is 0.256. The second kappa shape index (κ2) is 14.6. The van der Waals surface area contributed by atoms with Crippen molar-refractivity contribution in [1.29, 1.82) is 0 Å². The molecule has 41 heavy (non-hydrogen) atoms. The average molecular weight is 621 g/mol. The lowest BCUT2D eigenvalue weighted by atomic mass is 10.1. The molecule has 8 nitrogen and oxygen atoms in total. The van der Waals surface area contributed by atoms with Crippen LogP contribution in [-0.2, 0) is 26.2 Å². The zero-order valence-electron chi connectivity index (χ0n) is 23.5. The molecule has 11 heteroatoms. The van der Waals surface area contributed by atoms with E-state index in [0.717, 1.165) is 4.31 Å². The van der Waals surface area contributed by atoms with E-state index in [1.54, 1.807) is 67.6 Å². The van der Waals surface area contributed by atoms with Crippen molar-refractivity contribution in [3.05, 3.63) is 88.4 Å². The van der Waals surface area contributed by atoms with Crippen LogP contribution in [0.1, 0.15) is 39.2 Å². The summed E-state index contributed by atoms with van der Waals surface area (Å²) in [6, 6.07) is 18.3. The smallest absolute Gasteiger partial charge is 0.264 e. The fraction of sp³-hybridized carbons (Fsp3) is 0.333. The molecule has 0 aliphatic rings. The number of sulfonamides is 1. The van der Waals surface area contributed by atoms with Gasteiger partial charge in [0, 0.05) is 12.6 Å². The molecule has 3 rings (SSSR count). The van der Waals surface area contributed by atoms with Gasteiger partial charge in [-0.15, -0.1) is 0 Å². The normalized spacial score (nSPS) is 12.7. The molecule has 0 aliphatic carbocycles. The summed E-state index contributed by atoms with van der Waals surface area (Å²) in [6.07, 6.45) is 1.02. The van der Waals surface area contributed by atoms with Crippen LogP contribution in [-0.4, -0.2) is 50.9 Å². The van der Waals surface area contributed by atoms with Gasteiger partial charge in [-0.3, -0.25) is 13.9 Å². The zero-order valence-corrected chi connectivity index (χ0v) is 25.8. The minimum absolute atomic E-state index is 0.00691. The van der Waals surface area contributed by atoms with Crippen LogP contribution in [0.15, 0.2) is 77.7 Å². The molecule has 1 N–H and O–H groups in total. The Hall–Kier alpha value is -3.27. The summed E-state index contributed by atoms with van der Waals surface area (Å²) >= 11 is 12.3. The number of hydrogen-bond donors (Lipinski definition) is 1. The molecule has 0 heterocycles. The van der Waals surface area contributed by atoms with E-state index in [-0.39, 0.29) is 23.4 Å². The molecule has 0 saturated carbocycles. The first-order valence-corrected chi connectivity index (χ1v) is 15.5. The molecule has 2 amide bonds. The van der Waals surface area contributed by atoms with Gasteiger partial charge in [0.1, 0.15) is 18.3 Å². The van der Waals surface area contributed by atoms with E-state index in [9.17, 15) is 18.0 Å². The van der Waals surface area contributed by atoms with Crippen LogP contribution in [0, 0.1) is 0 Å². The highest BCUT2D eigenvalue weighted by atomic mass is 35.5. The lowest BCUT2D eigenvalue weighted by Gasteiger charge is -2.33. The fourth-order valence-electron chi connectivity index (χ4n) is 4.19. The van der Waals surface area contributed by atoms with Crippen LogP contribution >= 0.6 is 23.2 Å². The Bertz CT molecular complexity index is 1440. The maximum absolute atomic E-state index is 14.1. The van der Waals surface area contributed by atoms with E-state index in [2.05, 4.69) is 5.32 Å². The maximum Gasteiger partial charge on any atom is 0.264 e. The number of halogens is 2. The SMILES string of the molecule is CC[C@H](C)NC(=O)[C@H](CC)N(Cc1ccc(Cl)c(Cl)c1)C(=O)CN(c1ccccc1)S(=O)(=O)c1ccc(OC)cc1. The van der Waals surface area contributed by atoms with Crippen LogP contribution in [0.4, 0.5) is 5.69 Å². The number of hydrogen-bond acceptors (Lipinski definition) is 5. The summed E-state index contributed by atoms with van der Waals surface area (Å²) in [4.78, 5) is 28.8. The number of methoxy groups -OCH3 is 1. The van der Waals surface area contributed by atoms with Crippen LogP contribution in [0.2, 0.25) is 10.0 Å². The van der Waals surface area contributed by atoms with Crippen LogP contribution in [0.3, 0.4) is 0 Å². The first kappa shape index (κ1) is 32.2. The van der Waals surface area contributed by atoms with Crippen molar-refractivity contribution in [3.8, 4) is 5.75 Å². The topological polar surface area (TPSA) is 96.0 Å². The lowest BCUT2D eigenvalue weighted by Crippen LogP contribution is -2.53. The molecule has 0 fully saturated rings. The number of nitrogens with zero attached hydrogens (tertiary/aromatic N) is 2. The van der Waals surface area contributed by atoms with Gasteiger partial charge in [0.05, 0.1) is 27.7 Å². The van der Waals surface area contributed by atoms with Gasteiger partial charge in [0.2, 0.25) is 11.8 Å². The lowest BCUT2D eigenvalue weighted by molar-refractivity contribution is -0.140. The number of para-hydroxylation sites is 1. The molecular weight excluding hydrogens is 585 g/mol. The van der Waals surface area contributed by atoms with Crippen LogP contribution in [0.5, 0.6) is 5.75 Å². The van der Waals surface area contributed by atoms with Crippen LogP contribution in [0.25, 0.3) is 0 Å². The van der Waals surface area contributed by atoms with Gasteiger partial charge in [0.25, 0.3) is 10.0 Å². The standard InChI is InChI=1S/C30H35Cl2N3O5S/c1-5-21(3)33-30(37)28(6-2)34(19-22-12-17-26(31)27(32)18-22)29(36)20-35(23-10-8-7-9-11-23)41(38,39)25-15-13-24(40-4)14-16-25/h7-18,21,28H,5-6,19-20H2,1-4H3,(H,33,37)/t21-,28-/m0/s1. The van der Waals surface area contributed by atoms with E-state index in [1.165, 1.54) is 24.1 Å². The first-order chi connectivity index (χ1) is 19.5. The second-order valence-electron chi connectivity index (χ2n) is 9.53. The van der Waals surface area contributed by atoms with Gasteiger partial charge < -0.3 is 15.0 Å². The number of anilines is 1. The van der Waals surface area contributed by atoms with Gasteiger partial charge in [-0.05, 0) is 73.9 Å². The van der Waals surface area contributed by atoms with Gasteiger partial charge in [-0.1, -0.05) is 61.3 Å². The van der Waals surface area contributed by atoms with E-state index in [1.807, 2.05) is 13.8 Å². The van der Waals surface area contributed by atoms with Crippen molar-refractivity contribution in [2.24, 2.45) is 0 Å². The highest BCUT2D eigenvalue weighted by Crippen LogP contribution is 2.27. The summed E-state index contributed by atoms with van der Waals surface area (Å²) in [6.45, 7) is 5.12. The molecule has 2 atom stereocenters. The van der Waals surface area contributed by atoms with Crippen molar-refractivity contribution in [2.45, 2.75) is 57.1 Å². The van der Waals surface area contributed by atoms with E-state index in [4.69, 9.17) is 27.9 Å². The largest absolute Gasteiger partial charge is 0.497 e. The summed E-state index contributed by atoms with van der Waals surface area (Å²) in [5.41, 5.74) is 0.954. The third kappa shape index (κ3) is 8.15. The minimum atomic E-state index is -4.18. The van der Waals surface area contributed by atoms with Gasteiger partial charge in [0.15, 0.2) is 0 Å². The Morgan fingerprint density at radius 3 is 2.15 bits per heavy atom. The molecule has 0 aromatic heterocycles. The second-order valence-corrected chi connectivity index (χ2v) is 12.2. The zero-order chi connectivity index (χ0) is 30.2. The summed E-state index contributed by atoms with van der Waals surface area (Å²) in [7, 11) is -2.69. The molecule has 0 bridgehead atoms. The number of nitrogens with one attached hydrogen (secondary N) is 1. The molecule has 0 unspecified atom stereocenters. The molecule has 3 aromatic carbocycles.